The van der Waals surface area contributed by atoms with Gasteiger partial charge in [0.25, 0.3) is 5.91 Å². The smallest absolute Gasteiger partial charge is 0.251 e. The summed E-state index contributed by atoms with van der Waals surface area (Å²) < 4.78 is 0. The van der Waals surface area contributed by atoms with E-state index in [1.165, 1.54) is 5.56 Å². The lowest BCUT2D eigenvalue weighted by molar-refractivity contribution is 0.0938. The molecule has 1 N–H and O–H groups in total. The summed E-state index contributed by atoms with van der Waals surface area (Å²) in [6.45, 7) is 9.57. The van der Waals surface area contributed by atoms with Crippen LogP contribution in [0.2, 0.25) is 10.0 Å². The van der Waals surface area contributed by atoms with Gasteiger partial charge in [-0.05, 0) is 72.1 Å². The summed E-state index contributed by atoms with van der Waals surface area (Å²) >= 11 is 12.0. The summed E-state index contributed by atoms with van der Waals surface area (Å²) in [5, 5.41) is 4.51. The van der Waals surface area contributed by atoms with Crippen molar-refractivity contribution in [1.82, 2.24) is 5.32 Å². The summed E-state index contributed by atoms with van der Waals surface area (Å²) in [7, 11) is 0. The standard InChI is InChI=1S/C23H29Cl2NO/c1-15(2)13-21(17-5-9-19(24)10-6-17)22(16(3)4)14-26-23(27)18-7-11-20(25)12-8-18/h5-12,15-16,21-22H,13-14H2,1-4H3,(H,26,27). The predicted octanol–water partition coefficient (Wildman–Crippen LogP) is 6.83. The molecule has 2 nitrogen and oxygen atoms in total. The maximum Gasteiger partial charge on any atom is 0.251 e. The Morgan fingerprint density at radius 3 is 1.89 bits per heavy atom. The Morgan fingerprint density at radius 2 is 1.41 bits per heavy atom. The molecule has 2 rings (SSSR count). The van der Waals surface area contributed by atoms with Crippen LogP contribution in [0.5, 0.6) is 0 Å². The Hall–Kier alpha value is -1.51. The molecular formula is C23H29Cl2NO. The number of hydrogen-bond acceptors (Lipinski definition) is 1. The fraction of sp³-hybridized carbons (Fsp3) is 0.435. The highest BCUT2D eigenvalue weighted by Crippen LogP contribution is 2.35. The van der Waals surface area contributed by atoms with Gasteiger partial charge in [-0.3, -0.25) is 4.79 Å². The van der Waals surface area contributed by atoms with Crippen molar-refractivity contribution < 1.29 is 4.79 Å². The van der Waals surface area contributed by atoms with Gasteiger partial charge in [0.1, 0.15) is 0 Å². The second-order valence-corrected chi connectivity index (χ2v) is 8.79. The van der Waals surface area contributed by atoms with Gasteiger partial charge in [0, 0.05) is 22.2 Å². The Balaban J connectivity index is 2.17. The summed E-state index contributed by atoms with van der Waals surface area (Å²) in [5.41, 5.74) is 1.92. The zero-order valence-electron chi connectivity index (χ0n) is 16.5. The van der Waals surface area contributed by atoms with E-state index in [1.807, 2.05) is 12.1 Å². The van der Waals surface area contributed by atoms with Gasteiger partial charge < -0.3 is 5.32 Å². The topological polar surface area (TPSA) is 29.1 Å². The van der Waals surface area contributed by atoms with Crippen molar-refractivity contribution in [2.75, 3.05) is 6.54 Å². The van der Waals surface area contributed by atoms with Crippen LogP contribution in [0.3, 0.4) is 0 Å². The Kier molecular flexibility index (Phi) is 8.19. The van der Waals surface area contributed by atoms with E-state index >= 15 is 0 Å². The minimum Gasteiger partial charge on any atom is -0.352 e. The minimum absolute atomic E-state index is 0.0586. The first-order valence-electron chi connectivity index (χ1n) is 9.57. The van der Waals surface area contributed by atoms with Crippen LogP contribution in [0.25, 0.3) is 0 Å². The number of carbonyl (C=O) groups excluding carboxylic acids is 1. The lowest BCUT2D eigenvalue weighted by atomic mass is 9.75. The van der Waals surface area contributed by atoms with Crippen LogP contribution in [0.1, 0.15) is 56.0 Å². The van der Waals surface area contributed by atoms with E-state index in [9.17, 15) is 4.79 Å². The highest BCUT2D eigenvalue weighted by molar-refractivity contribution is 6.30. The van der Waals surface area contributed by atoms with Gasteiger partial charge in [0.05, 0.1) is 0 Å². The number of nitrogens with one attached hydrogen (secondary N) is 1. The second-order valence-electron chi connectivity index (χ2n) is 7.91. The maximum absolute atomic E-state index is 12.5. The van der Waals surface area contributed by atoms with Crippen molar-refractivity contribution in [3.05, 3.63) is 69.7 Å². The molecule has 2 aromatic rings. The van der Waals surface area contributed by atoms with E-state index in [1.54, 1.807) is 24.3 Å². The molecule has 0 saturated heterocycles. The molecule has 1 amide bonds. The van der Waals surface area contributed by atoms with E-state index in [4.69, 9.17) is 23.2 Å². The van der Waals surface area contributed by atoms with Crippen molar-refractivity contribution in [1.29, 1.82) is 0 Å². The van der Waals surface area contributed by atoms with E-state index in [0.29, 0.717) is 40.8 Å². The summed E-state index contributed by atoms with van der Waals surface area (Å²) in [6.07, 6.45) is 1.07. The van der Waals surface area contributed by atoms with Gasteiger partial charge in [-0.1, -0.05) is 63.0 Å². The molecule has 0 aliphatic rings. The van der Waals surface area contributed by atoms with Gasteiger partial charge in [-0.2, -0.15) is 0 Å². The summed E-state index contributed by atoms with van der Waals surface area (Å²) in [6, 6.07) is 15.1. The van der Waals surface area contributed by atoms with Crippen molar-refractivity contribution in [3.8, 4) is 0 Å². The minimum atomic E-state index is -0.0586. The van der Waals surface area contributed by atoms with Gasteiger partial charge in [0.2, 0.25) is 0 Å². The van der Waals surface area contributed by atoms with Gasteiger partial charge in [0.15, 0.2) is 0 Å². The van der Waals surface area contributed by atoms with Crippen LogP contribution in [-0.2, 0) is 0 Å². The SMILES string of the molecule is CC(C)CC(c1ccc(Cl)cc1)C(CNC(=O)c1ccc(Cl)cc1)C(C)C. The predicted molar refractivity (Wildman–Crippen MR) is 116 cm³/mol. The van der Waals surface area contributed by atoms with Crippen LogP contribution in [-0.4, -0.2) is 12.5 Å². The van der Waals surface area contributed by atoms with Crippen LogP contribution in [0.4, 0.5) is 0 Å². The van der Waals surface area contributed by atoms with E-state index in [-0.39, 0.29) is 5.91 Å². The largest absolute Gasteiger partial charge is 0.352 e. The van der Waals surface area contributed by atoms with Gasteiger partial charge in [-0.25, -0.2) is 0 Å². The lowest BCUT2D eigenvalue weighted by Crippen LogP contribution is -2.35. The number of hydrogen-bond donors (Lipinski definition) is 1. The van der Waals surface area contributed by atoms with Crippen LogP contribution >= 0.6 is 23.2 Å². The van der Waals surface area contributed by atoms with Gasteiger partial charge >= 0.3 is 0 Å². The monoisotopic (exact) mass is 405 g/mol. The first-order chi connectivity index (χ1) is 12.8. The maximum atomic E-state index is 12.5. The van der Waals surface area contributed by atoms with E-state index < -0.39 is 0 Å². The molecule has 0 aromatic heterocycles. The Bertz CT molecular complexity index is 723. The van der Waals surface area contributed by atoms with Crippen LogP contribution in [0, 0.1) is 17.8 Å². The first kappa shape index (κ1) is 21.8. The first-order valence-corrected chi connectivity index (χ1v) is 10.3. The molecule has 146 valence electrons. The van der Waals surface area contributed by atoms with Crippen molar-refractivity contribution in [3.63, 3.8) is 0 Å². The number of amides is 1. The fourth-order valence-corrected chi connectivity index (χ4v) is 3.78. The lowest BCUT2D eigenvalue weighted by Gasteiger charge is -2.32. The molecule has 0 spiro atoms. The molecule has 0 radical (unpaired) electrons. The molecular weight excluding hydrogens is 377 g/mol. The van der Waals surface area contributed by atoms with Crippen molar-refractivity contribution in [2.24, 2.45) is 17.8 Å². The highest BCUT2D eigenvalue weighted by Gasteiger charge is 2.27. The van der Waals surface area contributed by atoms with Crippen LogP contribution < -0.4 is 5.32 Å². The third-order valence-corrected chi connectivity index (χ3v) is 5.51. The average molecular weight is 406 g/mol. The molecule has 2 atom stereocenters. The molecule has 0 fully saturated rings. The number of rotatable bonds is 8. The Labute approximate surface area is 173 Å². The summed E-state index contributed by atoms with van der Waals surface area (Å²) in [4.78, 5) is 12.5. The van der Waals surface area contributed by atoms with Gasteiger partial charge in [-0.15, -0.1) is 0 Å². The van der Waals surface area contributed by atoms with Crippen molar-refractivity contribution >= 4 is 29.1 Å². The third-order valence-electron chi connectivity index (χ3n) is 5.00. The molecule has 0 bridgehead atoms. The molecule has 2 aromatic carbocycles. The quantitative estimate of drug-likeness (QED) is 0.512. The van der Waals surface area contributed by atoms with E-state index in [0.717, 1.165) is 11.4 Å². The molecule has 0 saturated carbocycles. The number of halogens is 2. The molecule has 0 aliphatic carbocycles. The molecule has 27 heavy (non-hydrogen) atoms. The molecule has 4 heteroatoms. The molecule has 0 heterocycles. The van der Waals surface area contributed by atoms with E-state index in [2.05, 4.69) is 45.1 Å². The Morgan fingerprint density at radius 1 is 0.889 bits per heavy atom. The summed E-state index contributed by atoms with van der Waals surface area (Å²) in [5.74, 6) is 1.66. The van der Waals surface area contributed by atoms with Crippen molar-refractivity contribution in [2.45, 2.75) is 40.0 Å². The van der Waals surface area contributed by atoms with Crippen LogP contribution in [0.15, 0.2) is 48.5 Å². The average Bonchev–Trinajstić information content (AvgIpc) is 2.61. The third kappa shape index (κ3) is 6.55. The zero-order chi connectivity index (χ0) is 20.0. The molecule has 2 unspecified atom stereocenters. The number of benzene rings is 2. The molecule has 0 aliphatic heterocycles. The fourth-order valence-electron chi connectivity index (χ4n) is 3.53. The number of carbonyl (C=O) groups is 1. The highest BCUT2D eigenvalue weighted by atomic mass is 35.5. The normalized spacial score (nSPS) is 13.6. The zero-order valence-corrected chi connectivity index (χ0v) is 18.0. The second kappa shape index (κ2) is 10.1.